The molecular weight excluding hydrogens is 384 g/mol. The molecule has 0 saturated heterocycles. The lowest BCUT2D eigenvalue weighted by Crippen LogP contribution is -2.21. The van der Waals surface area contributed by atoms with Crippen LogP contribution in [0.3, 0.4) is 0 Å². The molecule has 0 aliphatic heterocycles. The molecule has 0 saturated carbocycles. The van der Waals surface area contributed by atoms with E-state index >= 15 is 0 Å². The molecule has 0 aliphatic rings. The Labute approximate surface area is 168 Å². The molecule has 0 N–H and O–H groups in total. The minimum Gasteiger partial charge on any atom is -0.372 e. The fourth-order valence-electron chi connectivity index (χ4n) is 2.25. The minimum atomic E-state index is -0.707. The first-order valence-electron chi connectivity index (χ1n) is 8.46. The number of rotatable bonds is 6. The van der Waals surface area contributed by atoms with Crippen LogP contribution in [-0.4, -0.2) is 24.0 Å². The van der Waals surface area contributed by atoms with E-state index < -0.39 is 10.9 Å². The molecule has 0 atom stereocenters. The van der Waals surface area contributed by atoms with Gasteiger partial charge in [-0.1, -0.05) is 29.8 Å². The number of nitro groups is 1. The second kappa shape index (κ2) is 11.4. The number of nitriles is 1. The number of benzene rings is 2. The van der Waals surface area contributed by atoms with Gasteiger partial charge in [0.1, 0.15) is 5.69 Å². The van der Waals surface area contributed by atoms with Crippen molar-refractivity contribution < 1.29 is 14.6 Å². The number of nitro benzene ring substituents is 1. The number of hydrogen-bond donors (Lipinski definition) is 0. The molecular formula is C19H21ClN4O4. The summed E-state index contributed by atoms with van der Waals surface area (Å²) in [5.41, 5.74) is 1.15. The van der Waals surface area contributed by atoms with E-state index in [1.165, 1.54) is 11.8 Å². The first kappa shape index (κ1) is 22.7. The van der Waals surface area contributed by atoms with E-state index in [1.807, 2.05) is 6.07 Å². The molecule has 8 nitrogen and oxygen atoms in total. The van der Waals surface area contributed by atoms with E-state index in [9.17, 15) is 14.9 Å². The van der Waals surface area contributed by atoms with Gasteiger partial charge in [0, 0.05) is 37.8 Å². The molecule has 0 amide bonds. The molecule has 0 aliphatic carbocycles. The lowest BCUT2D eigenvalue weighted by Gasteiger charge is -2.20. The highest BCUT2D eigenvalue weighted by Gasteiger charge is 2.16. The largest absolute Gasteiger partial charge is 0.372 e. The molecule has 2 rings (SSSR count). The standard InChI is InChI=1S/C10H15N.C9H6ClN3O4/c1-3-11(4-2)10-8-6-5-7-9-10;1-6(14)17-12(5-11)9-3-2-7(13(15)16)4-8(9)10/h5-9H,3-4H2,1-2H3;2-4H,1H3. The maximum absolute atomic E-state index is 10.7. The van der Waals surface area contributed by atoms with Gasteiger partial charge in [0.05, 0.1) is 9.95 Å². The fraction of sp³-hybridized carbons (Fsp3) is 0.263. The topological polar surface area (TPSA) is 99.7 Å². The Hall–Kier alpha value is -3.31. The highest BCUT2D eigenvalue weighted by atomic mass is 35.5. The van der Waals surface area contributed by atoms with Crippen LogP contribution in [0, 0.1) is 21.6 Å². The summed E-state index contributed by atoms with van der Waals surface area (Å²) < 4.78 is 0. The van der Waals surface area contributed by atoms with Gasteiger partial charge in [-0.05, 0) is 32.0 Å². The SMILES string of the molecule is CC(=O)ON(C#N)c1ccc([N+](=O)[O-])cc1Cl.CCN(CC)c1ccccc1. The van der Waals surface area contributed by atoms with E-state index in [2.05, 4.69) is 47.9 Å². The molecule has 148 valence electrons. The molecule has 0 aromatic heterocycles. The van der Waals surface area contributed by atoms with Crippen molar-refractivity contribution in [1.29, 1.82) is 5.26 Å². The molecule has 0 bridgehead atoms. The molecule has 0 radical (unpaired) electrons. The van der Waals surface area contributed by atoms with Crippen molar-refractivity contribution in [1.82, 2.24) is 0 Å². The zero-order valence-electron chi connectivity index (χ0n) is 15.8. The number of hydrogen-bond acceptors (Lipinski definition) is 7. The molecule has 0 fully saturated rings. The van der Waals surface area contributed by atoms with Crippen LogP contribution in [-0.2, 0) is 9.63 Å². The van der Waals surface area contributed by atoms with E-state index in [0.717, 1.165) is 32.1 Å². The maximum Gasteiger partial charge on any atom is 0.330 e. The Morgan fingerprint density at radius 3 is 2.25 bits per heavy atom. The normalized spacial score (nSPS) is 9.39. The van der Waals surface area contributed by atoms with Gasteiger partial charge in [-0.3, -0.25) is 10.1 Å². The van der Waals surface area contributed by atoms with Crippen LogP contribution in [0.5, 0.6) is 0 Å². The van der Waals surface area contributed by atoms with E-state index in [-0.39, 0.29) is 16.4 Å². The van der Waals surface area contributed by atoms with Gasteiger partial charge in [-0.15, -0.1) is 5.06 Å². The Kier molecular flexibility index (Phi) is 9.27. The van der Waals surface area contributed by atoms with Gasteiger partial charge in [-0.25, -0.2) is 4.79 Å². The molecule has 28 heavy (non-hydrogen) atoms. The van der Waals surface area contributed by atoms with E-state index in [0.29, 0.717) is 5.06 Å². The van der Waals surface area contributed by atoms with Crippen LogP contribution in [0.15, 0.2) is 48.5 Å². The van der Waals surface area contributed by atoms with Gasteiger partial charge in [0.2, 0.25) is 6.19 Å². The average Bonchev–Trinajstić information content (AvgIpc) is 2.68. The third-order valence-electron chi connectivity index (χ3n) is 3.56. The number of carbonyl (C=O) groups is 1. The Bertz CT molecular complexity index is 836. The highest BCUT2D eigenvalue weighted by Crippen LogP contribution is 2.29. The number of carbonyl (C=O) groups excluding carboxylic acids is 1. The summed E-state index contributed by atoms with van der Waals surface area (Å²) in [6, 6.07) is 13.9. The molecule has 2 aromatic rings. The van der Waals surface area contributed by atoms with Crippen LogP contribution in [0.4, 0.5) is 17.1 Å². The number of hydroxylamine groups is 1. The van der Waals surface area contributed by atoms with Crippen molar-refractivity contribution in [2.75, 3.05) is 23.1 Å². The van der Waals surface area contributed by atoms with Crippen LogP contribution in [0.1, 0.15) is 20.8 Å². The fourth-order valence-corrected chi connectivity index (χ4v) is 2.51. The van der Waals surface area contributed by atoms with Crippen LogP contribution >= 0.6 is 11.6 Å². The van der Waals surface area contributed by atoms with Crippen molar-refractivity contribution >= 4 is 34.6 Å². The number of nitrogens with zero attached hydrogens (tertiary/aromatic N) is 4. The van der Waals surface area contributed by atoms with Gasteiger partial charge in [0.25, 0.3) is 5.69 Å². The summed E-state index contributed by atoms with van der Waals surface area (Å²) in [6.07, 6.45) is 1.58. The molecule has 9 heteroatoms. The van der Waals surface area contributed by atoms with E-state index in [1.54, 1.807) is 6.19 Å². The quantitative estimate of drug-likeness (QED) is 0.301. The van der Waals surface area contributed by atoms with Crippen molar-refractivity contribution in [3.63, 3.8) is 0 Å². The number of para-hydroxylation sites is 1. The minimum absolute atomic E-state index is 0.0509. The predicted octanol–water partition coefficient (Wildman–Crippen LogP) is 4.55. The summed E-state index contributed by atoms with van der Waals surface area (Å²) in [4.78, 5) is 27.4. The van der Waals surface area contributed by atoms with Crippen molar-refractivity contribution in [3.8, 4) is 6.19 Å². The van der Waals surface area contributed by atoms with Crippen molar-refractivity contribution in [2.24, 2.45) is 0 Å². The van der Waals surface area contributed by atoms with Crippen LogP contribution in [0.25, 0.3) is 0 Å². The third kappa shape index (κ3) is 6.78. The van der Waals surface area contributed by atoms with Gasteiger partial charge in [-0.2, -0.15) is 5.26 Å². The molecule has 0 unspecified atom stereocenters. The average molecular weight is 405 g/mol. The lowest BCUT2D eigenvalue weighted by atomic mass is 10.3. The molecule has 2 aromatic carbocycles. The van der Waals surface area contributed by atoms with E-state index in [4.69, 9.17) is 16.9 Å². The summed E-state index contributed by atoms with van der Waals surface area (Å²) in [5, 5.41) is 19.7. The van der Waals surface area contributed by atoms with Gasteiger partial charge >= 0.3 is 5.97 Å². The van der Waals surface area contributed by atoms with Gasteiger partial charge in [0.15, 0.2) is 0 Å². The second-order valence-electron chi connectivity index (χ2n) is 5.38. The molecule has 0 spiro atoms. The monoisotopic (exact) mass is 404 g/mol. The van der Waals surface area contributed by atoms with Crippen LogP contribution in [0.2, 0.25) is 5.02 Å². The summed E-state index contributed by atoms with van der Waals surface area (Å²) in [7, 11) is 0. The summed E-state index contributed by atoms with van der Waals surface area (Å²) >= 11 is 5.74. The zero-order valence-corrected chi connectivity index (χ0v) is 16.6. The number of non-ortho nitro benzene ring substituents is 1. The Morgan fingerprint density at radius 2 is 1.82 bits per heavy atom. The Morgan fingerprint density at radius 1 is 1.21 bits per heavy atom. The first-order valence-corrected chi connectivity index (χ1v) is 8.84. The molecule has 0 heterocycles. The van der Waals surface area contributed by atoms with Crippen molar-refractivity contribution in [2.45, 2.75) is 20.8 Å². The third-order valence-corrected chi connectivity index (χ3v) is 3.86. The maximum atomic E-state index is 10.7. The first-order chi connectivity index (χ1) is 13.3. The van der Waals surface area contributed by atoms with Gasteiger partial charge < -0.3 is 9.74 Å². The Balaban J connectivity index is 0.000000307. The number of halogens is 1. The summed E-state index contributed by atoms with van der Waals surface area (Å²) in [5.74, 6) is -0.707. The predicted molar refractivity (Wildman–Crippen MR) is 108 cm³/mol. The smallest absolute Gasteiger partial charge is 0.330 e. The summed E-state index contributed by atoms with van der Waals surface area (Å²) in [6.45, 7) is 7.64. The highest BCUT2D eigenvalue weighted by molar-refractivity contribution is 6.33. The lowest BCUT2D eigenvalue weighted by molar-refractivity contribution is -0.384. The van der Waals surface area contributed by atoms with Crippen molar-refractivity contribution in [3.05, 3.63) is 63.7 Å². The zero-order chi connectivity index (χ0) is 21.1. The second-order valence-corrected chi connectivity index (χ2v) is 5.79. The number of anilines is 2. The van der Waals surface area contributed by atoms with Crippen LogP contribution < -0.4 is 9.96 Å².